The first kappa shape index (κ1) is 14.3. The molecule has 7 heteroatoms. The molecule has 2 unspecified atom stereocenters. The predicted octanol–water partition coefficient (Wildman–Crippen LogP) is 2.05. The lowest BCUT2D eigenvalue weighted by Gasteiger charge is -2.23. The highest BCUT2D eigenvalue weighted by Gasteiger charge is 2.30. The van der Waals surface area contributed by atoms with Crippen molar-refractivity contribution in [2.75, 3.05) is 11.4 Å². The van der Waals surface area contributed by atoms with Crippen LogP contribution in [0.3, 0.4) is 0 Å². The van der Waals surface area contributed by atoms with Crippen molar-refractivity contribution < 1.29 is 17.9 Å². The van der Waals surface area contributed by atoms with Gasteiger partial charge < -0.3 is 0 Å². The van der Waals surface area contributed by atoms with Crippen molar-refractivity contribution in [2.45, 2.75) is 19.9 Å². The molecule has 0 fully saturated rings. The maximum absolute atomic E-state index is 11.7. The molecule has 2 atom stereocenters. The van der Waals surface area contributed by atoms with E-state index in [0.717, 1.165) is 0 Å². The van der Waals surface area contributed by atoms with Gasteiger partial charge in [0, 0.05) is 6.04 Å². The van der Waals surface area contributed by atoms with E-state index >= 15 is 0 Å². The van der Waals surface area contributed by atoms with Crippen molar-refractivity contribution in [3.8, 4) is 0 Å². The van der Waals surface area contributed by atoms with Gasteiger partial charge >= 0.3 is 8.03 Å². The molecule has 0 saturated heterocycles. The summed E-state index contributed by atoms with van der Waals surface area (Å²) in [5.41, 5.74) is 0.450. The van der Waals surface area contributed by atoms with E-state index in [9.17, 15) is 13.3 Å². The average molecular weight is 276 g/mol. The van der Waals surface area contributed by atoms with E-state index in [1.807, 2.05) is 0 Å². The lowest BCUT2D eigenvalue weighted by atomic mass is 10.3. The Hall–Kier alpha value is -0.810. The summed E-state index contributed by atoms with van der Waals surface area (Å²) in [7, 11) is -0.675. The van der Waals surface area contributed by atoms with Gasteiger partial charge in [0.15, 0.2) is 0 Å². The van der Waals surface area contributed by atoms with Crippen LogP contribution in [0.1, 0.15) is 13.8 Å². The first-order chi connectivity index (χ1) is 7.99. The minimum Gasteiger partial charge on any atom is -0.289 e. The Kier molecular flexibility index (Phi) is 5.21. The van der Waals surface area contributed by atoms with Gasteiger partial charge in [0.05, 0.1) is 7.11 Å². The van der Waals surface area contributed by atoms with Crippen molar-refractivity contribution in [2.24, 2.45) is 0 Å². The van der Waals surface area contributed by atoms with Gasteiger partial charge in [-0.15, -0.1) is 4.52 Å². The Balaban J connectivity index is 3.28. The van der Waals surface area contributed by atoms with Crippen LogP contribution < -0.4 is 9.61 Å². The first-order valence-corrected chi connectivity index (χ1v) is 7.23. The van der Waals surface area contributed by atoms with Crippen LogP contribution in [0.2, 0.25) is 0 Å². The van der Waals surface area contributed by atoms with Crippen LogP contribution in [0.5, 0.6) is 0 Å². The molecule has 17 heavy (non-hydrogen) atoms. The molecule has 5 nitrogen and oxygen atoms in total. The molecule has 0 spiro atoms. The number of hydrogen-bond donors (Lipinski definition) is 1. The first-order valence-electron chi connectivity index (χ1n) is 4.99. The lowest BCUT2D eigenvalue weighted by Crippen LogP contribution is -2.35. The third-order valence-electron chi connectivity index (χ3n) is 2.12. The highest BCUT2D eigenvalue weighted by Crippen LogP contribution is 2.28. The SMILES string of the molecule is CO[P+](=O)c1ccccc1N(C(C)C)S(=O)O. The van der Waals surface area contributed by atoms with Crippen LogP contribution >= 0.6 is 8.03 Å². The normalized spacial score (nSPS) is 13.6. The summed E-state index contributed by atoms with van der Waals surface area (Å²) in [5.74, 6) is 0. The van der Waals surface area contributed by atoms with Gasteiger partial charge in [-0.05, 0) is 30.5 Å². The summed E-state index contributed by atoms with van der Waals surface area (Å²) in [6.45, 7) is 3.57. The Morgan fingerprint density at radius 2 is 2.00 bits per heavy atom. The molecule has 0 aromatic heterocycles. The van der Waals surface area contributed by atoms with Gasteiger partial charge in [-0.2, -0.15) is 0 Å². The van der Waals surface area contributed by atoms with Gasteiger partial charge in [0.1, 0.15) is 5.69 Å². The van der Waals surface area contributed by atoms with Gasteiger partial charge in [-0.3, -0.25) is 8.86 Å². The molecule has 94 valence electrons. The number of nitrogens with zero attached hydrogens (tertiary/aromatic N) is 1. The molecule has 0 aliphatic heterocycles. The molecule has 0 saturated carbocycles. The monoisotopic (exact) mass is 276 g/mol. The van der Waals surface area contributed by atoms with E-state index in [2.05, 4.69) is 0 Å². The van der Waals surface area contributed by atoms with Crippen LogP contribution in [0.15, 0.2) is 24.3 Å². The van der Waals surface area contributed by atoms with E-state index < -0.39 is 19.3 Å². The second-order valence-corrected chi connectivity index (χ2v) is 5.79. The minimum absolute atomic E-state index is 0.192. The maximum Gasteiger partial charge on any atom is 0.550 e. The molecule has 0 aliphatic rings. The second kappa shape index (κ2) is 6.21. The molecule has 1 rings (SSSR count). The maximum atomic E-state index is 11.7. The Bertz CT molecular complexity index is 438. The number of benzene rings is 1. The molecule has 0 radical (unpaired) electrons. The summed E-state index contributed by atoms with van der Waals surface area (Å²) in [6, 6.07) is 6.52. The van der Waals surface area contributed by atoms with Crippen molar-refractivity contribution in [3.05, 3.63) is 24.3 Å². The van der Waals surface area contributed by atoms with E-state index in [1.54, 1.807) is 38.1 Å². The Morgan fingerprint density at radius 3 is 2.47 bits per heavy atom. The van der Waals surface area contributed by atoms with E-state index in [4.69, 9.17) is 4.52 Å². The zero-order valence-corrected chi connectivity index (χ0v) is 11.6. The standard InChI is InChI=1S/C10H14NO4PS/c1-8(2)11(17(13)14)9-6-4-5-7-10(9)16(12)15-3/h4-8H,1-3H3/p+1. The summed E-state index contributed by atoms with van der Waals surface area (Å²) in [5, 5.41) is 0.418. The highest BCUT2D eigenvalue weighted by atomic mass is 32.2. The number of para-hydroxylation sites is 1. The molecule has 1 N–H and O–H groups in total. The zero-order valence-electron chi connectivity index (χ0n) is 9.86. The van der Waals surface area contributed by atoms with Crippen LogP contribution in [0, 0.1) is 0 Å². The Labute approximate surface area is 104 Å². The van der Waals surface area contributed by atoms with Crippen LogP contribution in [-0.2, 0) is 20.4 Å². The zero-order chi connectivity index (χ0) is 13.0. The van der Waals surface area contributed by atoms with Crippen LogP contribution in [0.25, 0.3) is 0 Å². The molecule has 1 aromatic rings. The molecule has 0 aliphatic carbocycles. The summed E-state index contributed by atoms with van der Waals surface area (Å²) < 4.78 is 38.4. The third kappa shape index (κ3) is 3.33. The van der Waals surface area contributed by atoms with Crippen LogP contribution in [-0.4, -0.2) is 21.9 Å². The largest absolute Gasteiger partial charge is 0.550 e. The summed E-state index contributed by atoms with van der Waals surface area (Å²) in [6.07, 6.45) is 0. The van der Waals surface area contributed by atoms with Crippen molar-refractivity contribution in [1.29, 1.82) is 0 Å². The summed E-state index contributed by atoms with van der Waals surface area (Å²) in [4.78, 5) is 0. The predicted molar refractivity (Wildman–Crippen MR) is 69.1 cm³/mol. The van der Waals surface area contributed by atoms with Crippen molar-refractivity contribution >= 4 is 30.3 Å². The Morgan fingerprint density at radius 1 is 1.41 bits per heavy atom. The van der Waals surface area contributed by atoms with E-state index in [1.165, 1.54) is 11.4 Å². The van der Waals surface area contributed by atoms with Gasteiger partial charge in [-0.25, -0.2) is 4.21 Å². The fourth-order valence-electron chi connectivity index (χ4n) is 1.45. The van der Waals surface area contributed by atoms with Crippen LogP contribution in [0.4, 0.5) is 5.69 Å². The molecule has 0 bridgehead atoms. The quantitative estimate of drug-likeness (QED) is 0.660. The second-order valence-electron chi connectivity index (χ2n) is 3.58. The molecule has 1 aromatic carbocycles. The number of anilines is 1. The van der Waals surface area contributed by atoms with E-state index in [-0.39, 0.29) is 6.04 Å². The van der Waals surface area contributed by atoms with E-state index in [0.29, 0.717) is 11.0 Å². The van der Waals surface area contributed by atoms with Gasteiger partial charge in [0.25, 0.3) is 11.3 Å². The fraction of sp³-hybridized carbons (Fsp3) is 0.400. The number of hydrogen-bond acceptors (Lipinski definition) is 3. The van der Waals surface area contributed by atoms with Gasteiger partial charge in [0.2, 0.25) is 5.30 Å². The smallest absolute Gasteiger partial charge is 0.289 e. The summed E-state index contributed by atoms with van der Waals surface area (Å²) >= 11 is -2.16. The molecule has 0 amide bonds. The number of rotatable bonds is 5. The van der Waals surface area contributed by atoms with Crippen molar-refractivity contribution in [1.82, 2.24) is 0 Å². The molecular formula is C10H15NO4PS+. The van der Waals surface area contributed by atoms with Gasteiger partial charge in [-0.1, -0.05) is 12.1 Å². The molecular weight excluding hydrogens is 261 g/mol. The molecule has 0 heterocycles. The highest BCUT2D eigenvalue weighted by molar-refractivity contribution is 7.80. The average Bonchev–Trinajstić information content (AvgIpc) is 2.28. The third-order valence-corrected chi connectivity index (χ3v) is 4.18. The lowest BCUT2D eigenvalue weighted by molar-refractivity contribution is 0.423. The fourth-order valence-corrected chi connectivity index (χ4v) is 2.98. The minimum atomic E-state index is -2.16. The topological polar surface area (TPSA) is 66.8 Å². The van der Waals surface area contributed by atoms with Crippen molar-refractivity contribution in [3.63, 3.8) is 0 Å².